The molecule has 1 aliphatic rings. The van der Waals surface area contributed by atoms with Crippen LogP contribution in [-0.2, 0) is 7.05 Å². The first-order valence-corrected chi connectivity index (χ1v) is 6.10. The molecule has 2 N–H and O–H groups in total. The SMILES string of the molecule is Cc1nc([N+](=O)[O-])c(N2CC(CN)CC2C)n1C. The Hall–Kier alpha value is -1.63. The van der Waals surface area contributed by atoms with Crippen molar-refractivity contribution in [2.24, 2.45) is 18.7 Å². The molecule has 0 amide bonds. The molecule has 1 saturated heterocycles. The van der Waals surface area contributed by atoms with Crippen LogP contribution in [-0.4, -0.2) is 33.6 Å². The second kappa shape index (κ2) is 4.56. The van der Waals surface area contributed by atoms with E-state index in [1.807, 2.05) is 7.05 Å². The van der Waals surface area contributed by atoms with E-state index in [1.54, 1.807) is 11.5 Å². The smallest absolute Gasteiger partial charge is 0.358 e. The van der Waals surface area contributed by atoms with Crippen molar-refractivity contribution in [3.63, 3.8) is 0 Å². The van der Waals surface area contributed by atoms with E-state index < -0.39 is 4.92 Å². The van der Waals surface area contributed by atoms with Crippen LogP contribution in [0.4, 0.5) is 11.6 Å². The zero-order chi connectivity index (χ0) is 13.4. The third-order valence-corrected chi connectivity index (χ3v) is 3.71. The summed E-state index contributed by atoms with van der Waals surface area (Å²) in [5.41, 5.74) is 5.69. The van der Waals surface area contributed by atoms with Gasteiger partial charge in [0.2, 0.25) is 11.6 Å². The molecular weight excluding hydrogens is 234 g/mol. The van der Waals surface area contributed by atoms with Gasteiger partial charge in [0.25, 0.3) is 0 Å². The zero-order valence-corrected chi connectivity index (χ0v) is 11.0. The summed E-state index contributed by atoms with van der Waals surface area (Å²) >= 11 is 0. The van der Waals surface area contributed by atoms with Crippen molar-refractivity contribution in [2.45, 2.75) is 26.3 Å². The molecule has 1 aromatic rings. The van der Waals surface area contributed by atoms with Gasteiger partial charge in [-0.15, -0.1) is 0 Å². The number of hydrogen-bond acceptors (Lipinski definition) is 5. The number of imidazole rings is 1. The van der Waals surface area contributed by atoms with Crippen molar-refractivity contribution in [2.75, 3.05) is 18.0 Å². The number of nitro groups is 1. The molecule has 2 atom stereocenters. The number of aromatic nitrogens is 2. The van der Waals surface area contributed by atoms with E-state index in [0.717, 1.165) is 13.0 Å². The Morgan fingerprint density at radius 3 is 2.78 bits per heavy atom. The van der Waals surface area contributed by atoms with Gasteiger partial charge in [-0.2, -0.15) is 0 Å². The summed E-state index contributed by atoms with van der Waals surface area (Å²) in [6.45, 7) is 5.22. The van der Waals surface area contributed by atoms with Crippen molar-refractivity contribution < 1.29 is 4.92 Å². The van der Waals surface area contributed by atoms with E-state index in [9.17, 15) is 10.1 Å². The largest absolute Gasteiger partial charge is 0.406 e. The molecule has 0 saturated carbocycles. The number of hydrogen-bond donors (Lipinski definition) is 1. The fourth-order valence-corrected chi connectivity index (χ4v) is 2.63. The van der Waals surface area contributed by atoms with Gasteiger partial charge in [0.15, 0.2) is 0 Å². The van der Waals surface area contributed by atoms with Crippen LogP contribution in [0.3, 0.4) is 0 Å². The summed E-state index contributed by atoms with van der Waals surface area (Å²) in [6.07, 6.45) is 0.970. The van der Waals surface area contributed by atoms with Gasteiger partial charge in [-0.1, -0.05) is 0 Å². The highest BCUT2D eigenvalue weighted by Gasteiger charge is 2.36. The Morgan fingerprint density at radius 2 is 2.28 bits per heavy atom. The predicted molar refractivity (Wildman–Crippen MR) is 68.6 cm³/mol. The molecule has 1 fully saturated rings. The molecule has 100 valence electrons. The van der Waals surface area contributed by atoms with Crippen LogP contribution in [0.25, 0.3) is 0 Å². The predicted octanol–water partition coefficient (Wildman–Crippen LogP) is 0.810. The number of nitrogens with two attached hydrogens (primary N) is 1. The van der Waals surface area contributed by atoms with Gasteiger partial charge in [-0.25, -0.2) is 0 Å². The lowest BCUT2D eigenvalue weighted by molar-refractivity contribution is -0.388. The molecule has 0 aromatic carbocycles. The molecule has 2 heterocycles. The van der Waals surface area contributed by atoms with Crippen LogP contribution in [0.2, 0.25) is 0 Å². The Balaban J connectivity index is 2.41. The molecule has 0 spiro atoms. The van der Waals surface area contributed by atoms with Crippen LogP contribution < -0.4 is 10.6 Å². The van der Waals surface area contributed by atoms with E-state index in [-0.39, 0.29) is 11.9 Å². The lowest BCUT2D eigenvalue weighted by atomic mass is 10.1. The molecular formula is C11H19N5O2. The Labute approximate surface area is 106 Å². The van der Waals surface area contributed by atoms with E-state index in [1.165, 1.54) is 0 Å². The van der Waals surface area contributed by atoms with Gasteiger partial charge in [0.1, 0.15) is 0 Å². The van der Waals surface area contributed by atoms with E-state index in [2.05, 4.69) is 16.8 Å². The van der Waals surface area contributed by atoms with E-state index >= 15 is 0 Å². The van der Waals surface area contributed by atoms with Crippen molar-refractivity contribution in [1.29, 1.82) is 0 Å². The Morgan fingerprint density at radius 1 is 1.61 bits per heavy atom. The van der Waals surface area contributed by atoms with Crippen LogP contribution >= 0.6 is 0 Å². The third kappa shape index (κ3) is 1.94. The summed E-state index contributed by atoms with van der Waals surface area (Å²) < 4.78 is 1.79. The van der Waals surface area contributed by atoms with Gasteiger partial charge >= 0.3 is 5.82 Å². The minimum atomic E-state index is -0.412. The van der Waals surface area contributed by atoms with Gasteiger partial charge in [0, 0.05) is 26.6 Å². The van der Waals surface area contributed by atoms with Crippen molar-refractivity contribution in [3.05, 3.63) is 15.9 Å². The maximum Gasteiger partial charge on any atom is 0.406 e. The summed E-state index contributed by atoms with van der Waals surface area (Å²) in [6, 6.07) is 0.257. The minimum absolute atomic E-state index is 0.0560. The van der Waals surface area contributed by atoms with Gasteiger partial charge < -0.3 is 20.7 Å². The molecule has 0 bridgehead atoms. The lowest BCUT2D eigenvalue weighted by Crippen LogP contribution is -2.30. The van der Waals surface area contributed by atoms with E-state index in [4.69, 9.17) is 5.73 Å². The molecule has 18 heavy (non-hydrogen) atoms. The standard InChI is InChI=1S/C11H19N5O2/c1-7-4-9(5-12)6-15(7)11-10(16(17)18)13-8(2)14(11)3/h7,9H,4-6,12H2,1-3H3. The second-order valence-corrected chi connectivity index (χ2v) is 4.96. The molecule has 2 unspecified atom stereocenters. The fraction of sp³-hybridized carbons (Fsp3) is 0.727. The normalized spacial score (nSPS) is 23.7. The highest BCUT2D eigenvalue weighted by Crippen LogP contribution is 2.34. The number of nitrogens with zero attached hydrogens (tertiary/aromatic N) is 4. The average molecular weight is 253 g/mol. The van der Waals surface area contributed by atoms with Crippen LogP contribution in [0, 0.1) is 23.0 Å². The minimum Gasteiger partial charge on any atom is -0.358 e. The highest BCUT2D eigenvalue weighted by atomic mass is 16.6. The summed E-state index contributed by atoms with van der Waals surface area (Å²) in [5, 5.41) is 11.1. The van der Waals surface area contributed by atoms with Gasteiger partial charge in [-0.3, -0.25) is 4.57 Å². The van der Waals surface area contributed by atoms with Crippen molar-refractivity contribution in [3.8, 4) is 0 Å². The lowest BCUT2D eigenvalue weighted by Gasteiger charge is -2.22. The summed E-state index contributed by atoms with van der Waals surface area (Å²) in [5.74, 6) is 1.59. The van der Waals surface area contributed by atoms with E-state index in [0.29, 0.717) is 24.1 Å². The topological polar surface area (TPSA) is 90.2 Å². The molecule has 7 heteroatoms. The molecule has 0 aliphatic carbocycles. The highest BCUT2D eigenvalue weighted by molar-refractivity contribution is 5.57. The quantitative estimate of drug-likeness (QED) is 0.636. The maximum atomic E-state index is 11.1. The monoisotopic (exact) mass is 253 g/mol. The number of aryl methyl sites for hydroxylation is 1. The Kier molecular flexibility index (Phi) is 3.25. The van der Waals surface area contributed by atoms with Crippen LogP contribution in [0.1, 0.15) is 19.2 Å². The van der Waals surface area contributed by atoms with Crippen molar-refractivity contribution >= 4 is 11.6 Å². The Bertz CT molecular complexity index is 470. The molecule has 2 rings (SSSR count). The molecule has 0 radical (unpaired) electrons. The van der Waals surface area contributed by atoms with Gasteiger partial charge in [0.05, 0.1) is 0 Å². The van der Waals surface area contributed by atoms with Gasteiger partial charge in [-0.05, 0) is 35.7 Å². The number of rotatable bonds is 3. The van der Waals surface area contributed by atoms with Crippen LogP contribution in [0.5, 0.6) is 0 Å². The molecule has 1 aromatic heterocycles. The zero-order valence-electron chi connectivity index (χ0n) is 11.0. The summed E-state index contributed by atoms with van der Waals surface area (Å²) in [4.78, 5) is 16.8. The fourth-order valence-electron chi connectivity index (χ4n) is 2.63. The second-order valence-electron chi connectivity index (χ2n) is 4.96. The number of anilines is 1. The first-order chi connectivity index (χ1) is 8.45. The first-order valence-electron chi connectivity index (χ1n) is 6.10. The third-order valence-electron chi connectivity index (χ3n) is 3.71. The summed E-state index contributed by atoms with van der Waals surface area (Å²) in [7, 11) is 1.81. The average Bonchev–Trinajstić information content (AvgIpc) is 2.81. The van der Waals surface area contributed by atoms with Crippen molar-refractivity contribution in [1.82, 2.24) is 9.55 Å². The molecule has 7 nitrogen and oxygen atoms in total. The molecule has 1 aliphatic heterocycles. The maximum absolute atomic E-state index is 11.1. The first kappa shape index (κ1) is 12.8. The van der Waals surface area contributed by atoms with Crippen LogP contribution in [0.15, 0.2) is 0 Å².